The van der Waals surface area contributed by atoms with Crippen molar-refractivity contribution < 1.29 is 27.5 Å². The van der Waals surface area contributed by atoms with Crippen LogP contribution in [-0.2, 0) is 14.3 Å². The topological polar surface area (TPSA) is 58.6 Å². The molecule has 1 atom stereocenters. The number of carbonyl (C=O) groups is 2. The normalized spacial score (nSPS) is 13.0. The summed E-state index contributed by atoms with van der Waals surface area (Å²) in [4.78, 5) is 23.7. The van der Waals surface area contributed by atoms with Crippen molar-refractivity contribution in [2.45, 2.75) is 13.1 Å². The number of hydrogen-bond donors (Lipinski definition) is 1. The van der Waals surface area contributed by atoms with Gasteiger partial charge in [0.1, 0.15) is 0 Å². The average Bonchev–Trinajstić information content (AvgIpc) is 2.25. The molecule has 0 rings (SSSR count). The summed E-state index contributed by atoms with van der Waals surface area (Å²) < 4.78 is 39.9. The van der Waals surface area contributed by atoms with Gasteiger partial charge in [0.25, 0.3) is 0 Å². The maximum atomic E-state index is 11.8. The predicted molar refractivity (Wildman–Crippen MR) is 57.7 cm³/mol. The fourth-order valence-corrected chi connectivity index (χ4v) is 1.23. The molecule has 0 aromatic heterocycles. The molecule has 0 saturated heterocycles. The van der Waals surface area contributed by atoms with Crippen LogP contribution in [0.1, 0.15) is 6.92 Å². The predicted octanol–water partition coefficient (Wildman–Crippen LogP) is 0.406. The lowest BCUT2D eigenvalue weighted by molar-refractivity contribution is -0.146. The van der Waals surface area contributed by atoms with Crippen molar-refractivity contribution in [2.24, 2.45) is 5.92 Å². The lowest BCUT2D eigenvalue weighted by atomic mass is 10.2. The van der Waals surface area contributed by atoms with E-state index in [1.807, 2.05) is 5.32 Å². The lowest BCUT2D eigenvalue weighted by Gasteiger charge is -2.20. The molecule has 0 heterocycles. The van der Waals surface area contributed by atoms with Crippen molar-refractivity contribution in [1.82, 2.24) is 10.2 Å². The quantitative estimate of drug-likeness (QED) is 0.710. The van der Waals surface area contributed by atoms with E-state index in [2.05, 4.69) is 4.74 Å². The van der Waals surface area contributed by atoms with Crippen LogP contribution >= 0.6 is 0 Å². The van der Waals surface area contributed by atoms with Gasteiger partial charge in [-0.05, 0) is 0 Å². The van der Waals surface area contributed by atoms with E-state index < -0.39 is 37.1 Å². The second kappa shape index (κ2) is 7.20. The van der Waals surface area contributed by atoms with Crippen LogP contribution in [0.2, 0.25) is 0 Å². The summed E-state index contributed by atoms with van der Waals surface area (Å²) in [6.07, 6.45) is -4.35. The van der Waals surface area contributed by atoms with Gasteiger partial charge >= 0.3 is 12.1 Å². The molecule has 106 valence electrons. The molecule has 18 heavy (non-hydrogen) atoms. The van der Waals surface area contributed by atoms with E-state index in [0.29, 0.717) is 0 Å². The van der Waals surface area contributed by atoms with Crippen LogP contribution in [0.25, 0.3) is 0 Å². The van der Waals surface area contributed by atoms with Crippen LogP contribution in [0, 0.1) is 5.92 Å². The van der Waals surface area contributed by atoms with Crippen molar-refractivity contribution in [2.75, 3.05) is 33.8 Å². The molecule has 0 aliphatic rings. The number of carbonyl (C=O) groups excluding carboxylic acids is 2. The second-order valence-corrected chi connectivity index (χ2v) is 3.92. The molecule has 8 heteroatoms. The van der Waals surface area contributed by atoms with Gasteiger partial charge in [-0.2, -0.15) is 13.2 Å². The largest absolute Gasteiger partial charge is 0.469 e. The molecule has 0 saturated carbocycles. The van der Waals surface area contributed by atoms with Crippen LogP contribution in [0.15, 0.2) is 0 Å². The van der Waals surface area contributed by atoms with Crippen LogP contribution in [-0.4, -0.2) is 56.7 Å². The van der Waals surface area contributed by atoms with Crippen LogP contribution in [0.3, 0.4) is 0 Å². The Kier molecular flexibility index (Phi) is 6.67. The minimum atomic E-state index is -4.35. The Hall–Kier alpha value is -1.31. The summed E-state index contributed by atoms with van der Waals surface area (Å²) in [6.45, 7) is 0.0149. The van der Waals surface area contributed by atoms with Gasteiger partial charge in [-0.3, -0.25) is 9.59 Å². The maximum absolute atomic E-state index is 11.8. The fraction of sp³-hybridized carbons (Fsp3) is 0.800. The Labute approximate surface area is 103 Å². The highest BCUT2D eigenvalue weighted by Crippen LogP contribution is 2.11. The molecule has 0 aliphatic carbocycles. The van der Waals surface area contributed by atoms with E-state index in [-0.39, 0.29) is 6.54 Å². The second-order valence-electron chi connectivity index (χ2n) is 3.92. The maximum Gasteiger partial charge on any atom is 0.401 e. The van der Waals surface area contributed by atoms with Gasteiger partial charge in [-0.1, -0.05) is 6.92 Å². The first-order valence-electron chi connectivity index (χ1n) is 5.26. The highest BCUT2D eigenvalue weighted by atomic mass is 19.4. The summed E-state index contributed by atoms with van der Waals surface area (Å²) in [7, 11) is 2.64. The number of halogens is 3. The number of amides is 1. The molecule has 1 amide bonds. The molecule has 1 unspecified atom stereocenters. The lowest BCUT2D eigenvalue weighted by Crippen LogP contribution is -2.41. The Morgan fingerprint density at radius 3 is 2.39 bits per heavy atom. The van der Waals surface area contributed by atoms with Gasteiger partial charge in [-0.15, -0.1) is 0 Å². The van der Waals surface area contributed by atoms with E-state index in [9.17, 15) is 22.8 Å². The average molecular weight is 270 g/mol. The van der Waals surface area contributed by atoms with E-state index in [1.54, 1.807) is 6.92 Å². The molecular weight excluding hydrogens is 253 g/mol. The van der Waals surface area contributed by atoms with Gasteiger partial charge in [0.2, 0.25) is 5.91 Å². The van der Waals surface area contributed by atoms with E-state index in [4.69, 9.17) is 0 Å². The van der Waals surface area contributed by atoms with E-state index in [1.165, 1.54) is 19.1 Å². The minimum Gasteiger partial charge on any atom is -0.469 e. The number of hydrogen-bond acceptors (Lipinski definition) is 4. The Balaban J connectivity index is 4.00. The number of esters is 1. The van der Waals surface area contributed by atoms with Gasteiger partial charge in [0.05, 0.1) is 26.1 Å². The molecule has 0 radical (unpaired) electrons. The third kappa shape index (κ3) is 7.10. The molecular formula is C10H17F3N2O3. The Bertz CT molecular complexity index is 295. The number of rotatable bonds is 6. The number of nitrogens with zero attached hydrogens (tertiary/aromatic N) is 1. The van der Waals surface area contributed by atoms with Crippen LogP contribution in [0.4, 0.5) is 13.2 Å². The number of nitrogens with one attached hydrogen (secondary N) is 1. The van der Waals surface area contributed by atoms with Crippen LogP contribution < -0.4 is 5.32 Å². The number of ether oxygens (including phenoxy) is 1. The molecule has 1 N–H and O–H groups in total. The van der Waals surface area contributed by atoms with Crippen LogP contribution in [0.5, 0.6) is 0 Å². The molecule has 0 fully saturated rings. The first-order valence-corrected chi connectivity index (χ1v) is 5.26. The summed E-state index contributed by atoms with van der Waals surface area (Å²) in [5.41, 5.74) is 0. The first kappa shape index (κ1) is 16.7. The molecule has 0 spiro atoms. The number of methoxy groups -OCH3 is 1. The highest BCUT2D eigenvalue weighted by molar-refractivity contribution is 5.79. The number of likely N-dealkylation sites (N-methyl/N-ethyl adjacent to an activating group) is 1. The molecule has 0 aromatic carbocycles. The number of alkyl halides is 3. The van der Waals surface area contributed by atoms with Crippen molar-refractivity contribution in [3.05, 3.63) is 0 Å². The molecule has 5 nitrogen and oxygen atoms in total. The third-order valence-corrected chi connectivity index (χ3v) is 2.18. The third-order valence-electron chi connectivity index (χ3n) is 2.18. The van der Waals surface area contributed by atoms with Crippen molar-refractivity contribution in [1.29, 1.82) is 0 Å². The SMILES string of the molecule is COC(=O)C(C)CN(C)C(=O)CNCC(F)(F)F. The van der Waals surface area contributed by atoms with Crippen molar-refractivity contribution in [3.63, 3.8) is 0 Å². The van der Waals surface area contributed by atoms with Crippen molar-refractivity contribution >= 4 is 11.9 Å². The van der Waals surface area contributed by atoms with Gasteiger partial charge < -0.3 is 15.0 Å². The van der Waals surface area contributed by atoms with E-state index in [0.717, 1.165) is 0 Å². The first-order chi connectivity index (χ1) is 8.17. The summed E-state index contributed by atoms with van der Waals surface area (Å²) >= 11 is 0. The van der Waals surface area contributed by atoms with Gasteiger partial charge in [-0.25, -0.2) is 0 Å². The molecule has 0 aliphatic heterocycles. The Morgan fingerprint density at radius 2 is 1.94 bits per heavy atom. The molecule has 0 bridgehead atoms. The fourth-order valence-electron chi connectivity index (χ4n) is 1.23. The summed E-state index contributed by atoms with van der Waals surface area (Å²) in [5.74, 6) is -1.51. The van der Waals surface area contributed by atoms with Gasteiger partial charge in [0, 0.05) is 13.6 Å². The monoisotopic (exact) mass is 270 g/mol. The van der Waals surface area contributed by atoms with E-state index >= 15 is 0 Å². The Morgan fingerprint density at radius 1 is 1.39 bits per heavy atom. The highest BCUT2D eigenvalue weighted by Gasteiger charge is 2.27. The zero-order chi connectivity index (χ0) is 14.3. The summed E-state index contributed by atoms with van der Waals surface area (Å²) in [6, 6.07) is 0. The summed E-state index contributed by atoms with van der Waals surface area (Å²) in [5, 5.41) is 1.99. The smallest absolute Gasteiger partial charge is 0.401 e. The molecule has 0 aromatic rings. The van der Waals surface area contributed by atoms with Gasteiger partial charge in [0.15, 0.2) is 0 Å². The van der Waals surface area contributed by atoms with Crippen molar-refractivity contribution in [3.8, 4) is 0 Å². The standard InChI is InChI=1S/C10H17F3N2O3/c1-7(9(17)18-3)5-15(2)8(16)4-14-6-10(11,12)13/h7,14H,4-6H2,1-3H3. The minimum absolute atomic E-state index is 0.0964. The zero-order valence-electron chi connectivity index (χ0n) is 10.5. The zero-order valence-corrected chi connectivity index (χ0v) is 10.5.